The van der Waals surface area contributed by atoms with E-state index in [9.17, 15) is 4.79 Å². The van der Waals surface area contributed by atoms with Gasteiger partial charge in [0.25, 0.3) is 0 Å². The van der Waals surface area contributed by atoms with E-state index in [1.165, 1.54) is 0 Å². The molecule has 3 atom stereocenters. The summed E-state index contributed by atoms with van der Waals surface area (Å²) in [4.78, 5) is 16.8. The molecule has 0 aromatic heterocycles. The van der Waals surface area contributed by atoms with Gasteiger partial charge in [-0.25, -0.2) is 0 Å². The monoisotopic (exact) mass is 475 g/mol. The number of nitrogens with one attached hydrogen (secondary N) is 1. The second-order valence-corrected chi connectivity index (χ2v) is 8.81. The highest BCUT2D eigenvalue weighted by Crippen LogP contribution is 2.50. The van der Waals surface area contributed by atoms with Crippen LogP contribution in [-0.4, -0.2) is 42.8 Å². The van der Waals surface area contributed by atoms with Gasteiger partial charge in [-0.1, -0.05) is 15.9 Å². The summed E-state index contributed by atoms with van der Waals surface area (Å²) in [7, 11) is 5.13. The number of methoxy groups -OCH3 is 1. The molecule has 2 heterocycles. The molecule has 2 aromatic rings. The van der Waals surface area contributed by atoms with Crippen molar-refractivity contribution < 1.29 is 14.3 Å². The number of hydrogen-bond donors (Lipinski definition) is 1. The number of thiocarbonyl (C=S) groups is 1. The van der Waals surface area contributed by atoms with E-state index >= 15 is 0 Å². The van der Waals surface area contributed by atoms with Crippen molar-refractivity contribution in [1.82, 2.24) is 10.2 Å². The van der Waals surface area contributed by atoms with Crippen LogP contribution >= 0.6 is 28.1 Å². The van der Waals surface area contributed by atoms with Gasteiger partial charge in [0, 0.05) is 29.8 Å². The van der Waals surface area contributed by atoms with Gasteiger partial charge in [-0.3, -0.25) is 9.69 Å². The van der Waals surface area contributed by atoms with Crippen molar-refractivity contribution in [3.05, 3.63) is 52.5 Å². The van der Waals surface area contributed by atoms with Gasteiger partial charge in [-0.05, 0) is 61.6 Å². The molecule has 1 fully saturated rings. The zero-order valence-corrected chi connectivity index (χ0v) is 19.0. The highest BCUT2D eigenvalue weighted by Gasteiger charge is 2.59. The lowest BCUT2D eigenvalue weighted by atomic mass is 9.78. The standard InChI is InChI=1S/C21H22BrN3O3S/c1-21-17(19(26)24(2)3)18(15-11-14(27-4)9-10-16(15)28-21)23-20(29)25(21)13-7-5-12(22)6-8-13/h5-11,17-18H,1-4H3,(H,23,29)/t17-,18+,21-/m0/s1. The third-order valence-corrected chi connectivity index (χ3v) is 6.33. The summed E-state index contributed by atoms with van der Waals surface area (Å²) in [5, 5.41) is 3.90. The molecule has 0 unspecified atom stereocenters. The first-order chi connectivity index (χ1) is 13.8. The molecule has 1 N–H and O–H groups in total. The molecule has 1 amide bonds. The summed E-state index contributed by atoms with van der Waals surface area (Å²) < 4.78 is 12.9. The Kier molecular flexibility index (Phi) is 4.94. The van der Waals surface area contributed by atoms with Gasteiger partial charge in [0.2, 0.25) is 5.91 Å². The van der Waals surface area contributed by atoms with Crippen molar-refractivity contribution in [2.45, 2.75) is 18.7 Å². The van der Waals surface area contributed by atoms with E-state index in [2.05, 4.69) is 21.2 Å². The van der Waals surface area contributed by atoms with Crippen molar-refractivity contribution in [3.63, 3.8) is 0 Å². The summed E-state index contributed by atoms with van der Waals surface area (Å²) in [6, 6.07) is 13.1. The molecule has 2 bridgehead atoms. The molecule has 6 nitrogen and oxygen atoms in total. The van der Waals surface area contributed by atoms with Crippen molar-refractivity contribution >= 4 is 44.9 Å². The lowest BCUT2D eigenvalue weighted by Crippen LogP contribution is -2.72. The van der Waals surface area contributed by atoms with E-state index in [0.29, 0.717) is 16.6 Å². The molecule has 8 heteroatoms. The molecule has 29 heavy (non-hydrogen) atoms. The van der Waals surface area contributed by atoms with Gasteiger partial charge in [0.05, 0.1) is 13.2 Å². The Bertz CT molecular complexity index is 982. The normalized spacial score (nSPS) is 24.9. The van der Waals surface area contributed by atoms with E-state index in [1.807, 2.05) is 54.3 Å². The quantitative estimate of drug-likeness (QED) is 0.682. The first kappa shape index (κ1) is 20.0. The summed E-state index contributed by atoms with van der Waals surface area (Å²) in [6.07, 6.45) is 0. The Morgan fingerprint density at radius 3 is 2.59 bits per heavy atom. The summed E-state index contributed by atoms with van der Waals surface area (Å²) >= 11 is 9.20. The lowest BCUT2D eigenvalue weighted by molar-refractivity contribution is -0.144. The van der Waals surface area contributed by atoms with Crippen LogP contribution in [-0.2, 0) is 4.79 Å². The van der Waals surface area contributed by atoms with Gasteiger partial charge in [0.1, 0.15) is 17.4 Å². The van der Waals surface area contributed by atoms with Crippen LogP contribution in [0.3, 0.4) is 0 Å². The topological polar surface area (TPSA) is 54.0 Å². The molecule has 152 valence electrons. The number of rotatable bonds is 3. The Morgan fingerprint density at radius 2 is 1.97 bits per heavy atom. The molecular weight excluding hydrogens is 454 g/mol. The minimum Gasteiger partial charge on any atom is -0.497 e. The van der Waals surface area contributed by atoms with Crippen molar-refractivity contribution in [2.24, 2.45) is 5.92 Å². The maximum Gasteiger partial charge on any atom is 0.233 e. The summed E-state index contributed by atoms with van der Waals surface area (Å²) in [6.45, 7) is 1.93. The van der Waals surface area contributed by atoms with Gasteiger partial charge >= 0.3 is 0 Å². The minimum absolute atomic E-state index is 0.0388. The Balaban J connectivity index is 1.90. The third kappa shape index (κ3) is 3.14. The number of carbonyl (C=O) groups excluding carboxylic acids is 1. The van der Waals surface area contributed by atoms with Crippen LogP contribution in [0.25, 0.3) is 0 Å². The second-order valence-electron chi connectivity index (χ2n) is 7.51. The van der Waals surface area contributed by atoms with Crippen LogP contribution in [0.5, 0.6) is 11.5 Å². The van der Waals surface area contributed by atoms with E-state index in [-0.39, 0.29) is 11.9 Å². The van der Waals surface area contributed by atoms with Crippen LogP contribution in [0.15, 0.2) is 46.9 Å². The van der Waals surface area contributed by atoms with E-state index in [4.69, 9.17) is 21.7 Å². The number of benzene rings is 2. The molecule has 1 saturated heterocycles. The molecule has 0 spiro atoms. The molecular formula is C21H22BrN3O3S. The van der Waals surface area contributed by atoms with Crippen molar-refractivity contribution in [1.29, 1.82) is 0 Å². The Morgan fingerprint density at radius 1 is 1.28 bits per heavy atom. The predicted molar refractivity (Wildman–Crippen MR) is 119 cm³/mol. The SMILES string of the molecule is COc1ccc2c(c1)[C@H]1NC(=S)N(c3ccc(Br)cc3)[C@@](C)(O2)[C@@H]1C(=O)N(C)C. The number of fused-ring (bicyclic) bond motifs is 4. The number of anilines is 1. The first-order valence-electron chi connectivity index (χ1n) is 9.20. The van der Waals surface area contributed by atoms with Crippen LogP contribution in [0, 0.1) is 5.92 Å². The average molecular weight is 476 g/mol. The fraction of sp³-hybridized carbons (Fsp3) is 0.333. The fourth-order valence-electron chi connectivity index (χ4n) is 4.12. The Hall–Kier alpha value is -2.32. The summed E-state index contributed by atoms with van der Waals surface area (Å²) in [5.74, 6) is 0.851. The summed E-state index contributed by atoms with van der Waals surface area (Å²) in [5.41, 5.74) is 0.712. The molecule has 0 radical (unpaired) electrons. The minimum atomic E-state index is -0.996. The average Bonchev–Trinajstić information content (AvgIpc) is 2.68. The van der Waals surface area contributed by atoms with Gasteiger partial charge < -0.3 is 19.7 Å². The molecule has 0 aliphatic carbocycles. The zero-order valence-electron chi connectivity index (χ0n) is 16.6. The maximum absolute atomic E-state index is 13.3. The van der Waals surface area contributed by atoms with Crippen molar-refractivity contribution in [2.75, 3.05) is 26.1 Å². The largest absolute Gasteiger partial charge is 0.497 e. The van der Waals surface area contributed by atoms with Gasteiger partial charge in [-0.15, -0.1) is 0 Å². The van der Waals surface area contributed by atoms with Gasteiger partial charge in [0.15, 0.2) is 10.8 Å². The number of carbonyl (C=O) groups is 1. The highest BCUT2D eigenvalue weighted by atomic mass is 79.9. The van der Waals surface area contributed by atoms with Gasteiger partial charge in [-0.2, -0.15) is 0 Å². The van der Waals surface area contributed by atoms with Crippen LogP contribution in [0.2, 0.25) is 0 Å². The maximum atomic E-state index is 13.3. The van der Waals surface area contributed by atoms with Crippen LogP contribution in [0.4, 0.5) is 5.69 Å². The fourth-order valence-corrected chi connectivity index (χ4v) is 4.80. The number of nitrogens with zero attached hydrogens (tertiary/aromatic N) is 2. The molecule has 2 aliphatic rings. The van der Waals surface area contributed by atoms with Crippen LogP contribution in [0.1, 0.15) is 18.5 Å². The van der Waals surface area contributed by atoms with E-state index in [1.54, 1.807) is 26.1 Å². The third-order valence-electron chi connectivity index (χ3n) is 5.50. The second kappa shape index (κ2) is 7.18. The number of amides is 1. The molecule has 2 aromatic carbocycles. The smallest absolute Gasteiger partial charge is 0.233 e. The molecule has 4 rings (SSSR count). The number of hydrogen-bond acceptors (Lipinski definition) is 4. The predicted octanol–water partition coefficient (Wildman–Crippen LogP) is 3.71. The van der Waals surface area contributed by atoms with E-state index in [0.717, 1.165) is 15.7 Å². The van der Waals surface area contributed by atoms with E-state index < -0.39 is 11.6 Å². The Labute approximate surface area is 183 Å². The highest BCUT2D eigenvalue weighted by molar-refractivity contribution is 9.10. The first-order valence-corrected chi connectivity index (χ1v) is 10.4. The number of ether oxygens (including phenoxy) is 2. The molecule has 0 saturated carbocycles. The zero-order chi connectivity index (χ0) is 20.9. The molecule has 2 aliphatic heterocycles. The van der Waals surface area contributed by atoms with Crippen LogP contribution < -0.4 is 19.7 Å². The van der Waals surface area contributed by atoms with Crippen molar-refractivity contribution in [3.8, 4) is 11.5 Å². The lowest BCUT2D eigenvalue weighted by Gasteiger charge is -2.56. The number of halogens is 1.